The summed E-state index contributed by atoms with van der Waals surface area (Å²) in [5, 5.41) is 6.31. The van der Waals surface area contributed by atoms with Gasteiger partial charge in [0.1, 0.15) is 0 Å². The molecule has 0 heterocycles. The maximum Gasteiger partial charge on any atom is 0.417 e. The van der Waals surface area contributed by atoms with Crippen molar-refractivity contribution in [1.29, 1.82) is 0 Å². The first-order valence-corrected chi connectivity index (χ1v) is 10.3. The van der Waals surface area contributed by atoms with Crippen LogP contribution in [0.5, 0.6) is 23.0 Å². The van der Waals surface area contributed by atoms with E-state index in [1.165, 1.54) is 14.2 Å². The Labute approximate surface area is 196 Å². The molecule has 34 heavy (non-hydrogen) atoms. The van der Waals surface area contributed by atoms with Crippen molar-refractivity contribution in [2.24, 2.45) is 0 Å². The summed E-state index contributed by atoms with van der Waals surface area (Å²) in [5.41, 5.74) is 1.14. The maximum atomic E-state index is 12.6. The SMILES string of the molecule is COc1c(OC)c(OC(=O)Nc2ccccc2)c2ccccc2c1OC(=O)Nc1ccccc1. The monoisotopic (exact) mass is 458 g/mol. The van der Waals surface area contributed by atoms with Gasteiger partial charge in [-0.3, -0.25) is 10.6 Å². The van der Waals surface area contributed by atoms with Gasteiger partial charge < -0.3 is 18.9 Å². The van der Waals surface area contributed by atoms with Gasteiger partial charge in [-0.15, -0.1) is 0 Å². The second-order valence-electron chi connectivity index (χ2n) is 7.03. The van der Waals surface area contributed by atoms with Crippen molar-refractivity contribution in [3.63, 3.8) is 0 Å². The number of amides is 2. The Bertz CT molecular complexity index is 1210. The van der Waals surface area contributed by atoms with Crippen LogP contribution in [0.4, 0.5) is 21.0 Å². The Morgan fingerprint density at radius 3 is 1.24 bits per heavy atom. The van der Waals surface area contributed by atoms with Crippen molar-refractivity contribution in [2.75, 3.05) is 24.9 Å². The van der Waals surface area contributed by atoms with Crippen LogP contribution in [0.1, 0.15) is 0 Å². The quantitative estimate of drug-likeness (QED) is 0.364. The molecule has 2 N–H and O–H groups in total. The number of carbonyl (C=O) groups excluding carboxylic acids is 2. The zero-order chi connectivity index (χ0) is 23.9. The van der Waals surface area contributed by atoms with Crippen LogP contribution in [0.2, 0.25) is 0 Å². The van der Waals surface area contributed by atoms with Gasteiger partial charge in [0.25, 0.3) is 0 Å². The standard InChI is InChI=1S/C26H22N2O6/c1-31-23-21(33-25(29)27-17-11-5-3-6-12-17)19-15-9-10-16-20(19)22(24(23)32-2)34-26(30)28-18-13-7-4-8-14-18/h3-16H,1-2H3,(H,27,29)(H,28,30). The average Bonchev–Trinajstić information content (AvgIpc) is 2.86. The first-order chi connectivity index (χ1) is 16.6. The van der Waals surface area contributed by atoms with E-state index in [0.717, 1.165) is 0 Å². The molecule has 0 aliphatic carbocycles. The third-order valence-electron chi connectivity index (χ3n) is 4.87. The van der Waals surface area contributed by atoms with Gasteiger partial charge in [-0.2, -0.15) is 0 Å². The summed E-state index contributed by atoms with van der Waals surface area (Å²) in [7, 11) is 2.81. The number of ether oxygens (including phenoxy) is 4. The number of carbonyl (C=O) groups is 2. The first-order valence-electron chi connectivity index (χ1n) is 10.3. The number of hydrogen-bond acceptors (Lipinski definition) is 6. The molecule has 0 atom stereocenters. The fourth-order valence-electron chi connectivity index (χ4n) is 3.42. The highest BCUT2D eigenvalue weighted by Gasteiger charge is 2.26. The third kappa shape index (κ3) is 4.86. The van der Waals surface area contributed by atoms with Gasteiger partial charge in [0.15, 0.2) is 11.5 Å². The number of anilines is 2. The van der Waals surface area contributed by atoms with Crippen LogP contribution >= 0.6 is 0 Å². The van der Waals surface area contributed by atoms with Gasteiger partial charge >= 0.3 is 12.2 Å². The van der Waals surface area contributed by atoms with Gasteiger partial charge in [-0.05, 0) is 24.3 Å². The minimum absolute atomic E-state index is 0.104. The maximum absolute atomic E-state index is 12.6. The van der Waals surface area contributed by atoms with Gasteiger partial charge in [0.05, 0.1) is 14.2 Å². The third-order valence-corrected chi connectivity index (χ3v) is 4.87. The molecule has 2 amide bonds. The predicted octanol–water partition coefficient (Wildman–Crippen LogP) is 6.08. The number of para-hydroxylation sites is 2. The lowest BCUT2D eigenvalue weighted by molar-refractivity contribution is 0.209. The highest BCUT2D eigenvalue weighted by Crippen LogP contribution is 2.51. The summed E-state index contributed by atoms with van der Waals surface area (Å²) in [6, 6.07) is 24.8. The van der Waals surface area contributed by atoms with E-state index in [1.54, 1.807) is 72.8 Å². The van der Waals surface area contributed by atoms with Crippen LogP contribution in [0.25, 0.3) is 10.8 Å². The van der Waals surface area contributed by atoms with E-state index in [2.05, 4.69) is 10.6 Å². The zero-order valence-corrected chi connectivity index (χ0v) is 18.5. The van der Waals surface area contributed by atoms with E-state index in [0.29, 0.717) is 22.1 Å². The van der Waals surface area contributed by atoms with Crippen molar-refractivity contribution in [3.8, 4) is 23.0 Å². The minimum Gasteiger partial charge on any atom is -0.490 e. The molecule has 4 aromatic rings. The Morgan fingerprint density at radius 2 is 0.882 bits per heavy atom. The van der Waals surface area contributed by atoms with Crippen LogP contribution in [0.15, 0.2) is 84.9 Å². The normalized spacial score (nSPS) is 10.3. The smallest absolute Gasteiger partial charge is 0.417 e. The lowest BCUT2D eigenvalue weighted by Gasteiger charge is -2.19. The molecular formula is C26H22N2O6. The first kappa shape index (κ1) is 22.5. The van der Waals surface area contributed by atoms with Gasteiger partial charge in [-0.1, -0.05) is 60.7 Å². The number of benzene rings is 4. The summed E-state index contributed by atoms with van der Waals surface area (Å²) >= 11 is 0. The molecule has 4 aromatic carbocycles. The molecule has 0 spiro atoms. The summed E-state index contributed by atoms with van der Waals surface area (Å²) in [6.07, 6.45) is -1.43. The molecule has 172 valence electrons. The number of nitrogens with one attached hydrogen (secondary N) is 2. The molecular weight excluding hydrogens is 436 g/mol. The van der Waals surface area contributed by atoms with Gasteiger partial charge in [0, 0.05) is 22.1 Å². The molecule has 0 radical (unpaired) electrons. The molecule has 8 nitrogen and oxygen atoms in total. The van der Waals surface area contributed by atoms with Crippen molar-refractivity contribution in [1.82, 2.24) is 0 Å². The molecule has 0 bridgehead atoms. The minimum atomic E-state index is -0.716. The molecule has 0 unspecified atom stereocenters. The topological polar surface area (TPSA) is 95.1 Å². The van der Waals surface area contributed by atoms with Crippen molar-refractivity contribution >= 4 is 34.3 Å². The summed E-state index contributed by atoms with van der Waals surface area (Å²) < 4.78 is 22.3. The number of hydrogen-bond donors (Lipinski definition) is 2. The average molecular weight is 458 g/mol. The fourth-order valence-corrected chi connectivity index (χ4v) is 3.42. The van der Waals surface area contributed by atoms with E-state index >= 15 is 0 Å². The molecule has 0 fully saturated rings. The van der Waals surface area contributed by atoms with Gasteiger partial charge in [-0.25, -0.2) is 9.59 Å². The predicted molar refractivity (Wildman–Crippen MR) is 129 cm³/mol. The number of methoxy groups -OCH3 is 2. The van der Waals surface area contributed by atoms with Crippen LogP contribution in [-0.4, -0.2) is 26.4 Å². The molecule has 0 aliphatic rings. The van der Waals surface area contributed by atoms with Crippen LogP contribution in [0.3, 0.4) is 0 Å². The van der Waals surface area contributed by atoms with E-state index in [9.17, 15) is 9.59 Å². The van der Waals surface area contributed by atoms with Crippen molar-refractivity contribution in [3.05, 3.63) is 84.9 Å². The Balaban J connectivity index is 1.72. The largest absolute Gasteiger partial charge is 0.490 e. The van der Waals surface area contributed by atoms with E-state index in [1.807, 2.05) is 12.1 Å². The van der Waals surface area contributed by atoms with E-state index in [4.69, 9.17) is 18.9 Å². The van der Waals surface area contributed by atoms with Crippen LogP contribution in [0, 0.1) is 0 Å². The van der Waals surface area contributed by atoms with Crippen molar-refractivity contribution < 1.29 is 28.5 Å². The Kier molecular flexibility index (Phi) is 6.78. The Hall–Kier alpha value is -4.72. The second kappa shape index (κ2) is 10.3. The summed E-state index contributed by atoms with van der Waals surface area (Å²) in [5.74, 6) is 0.456. The molecule has 4 rings (SSSR count). The molecule has 0 saturated heterocycles. The van der Waals surface area contributed by atoms with E-state index in [-0.39, 0.29) is 23.0 Å². The van der Waals surface area contributed by atoms with E-state index < -0.39 is 12.2 Å². The lowest BCUT2D eigenvalue weighted by atomic mass is 10.1. The van der Waals surface area contributed by atoms with Crippen LogP contribution < -0.4 is 29.6 Å². The lowest BCUT2D eigenvalue weighted by Crippen LogP contribution is -2.19. The van der Waals surface area contributed by atoms with Crippen LogP contribution in [-0.2, 0) is 0 Å². The summed E-state index contributed by atoms with van der Waals surface area (Å²) in [4.78, 5) is 25.3. The van der Waals surface area contributed by atoms with Crippen molar-refractivity contribution in [2.45, 2.75) is 0 Å². The number of rotatable bonds is 6. The fraction of sp³-hybridized carbons (Fsp3) is 0.0769. The second-order valence-corrected chi connectivity index (χ2v) is 7.03. The molecule has 0 aliphatic heterocycles. The Morgan fingerprint density at radius 1 is 0.529 bits per heavy atom. The molecule has 8 heteroatoms. The highest BCUT2D eigenvalue weighted by atomic mass is 16.6. The summed E-state index contributed by atoms with van der Waals surface area (Å²) in [6.45, 7) is 0. The number of fused-ring (bicyclic) bond motifs is 1. The highest BCUT2D eigenvalue weighted by molar-refractivity contribution is 6.02. The van der Waals surface area contributed by atoms with Gasteiger partial charge in [0.2, 0.25) is 11.5 Å². The molecule has 0 saturated carbocycles. The zero-order valence-electron chi connectivity index (χ0n) is 18.5. The molecule has 0 aromatic heterocycles.